The predicted molar refractivity (Wildman–Crippen MR) is 79.4 cm³/mol. The van der Waals surface area contributed by atoms with Gasteiger partial charge in [0, 0.05) is 10.6 Å². The van der Waals surface area contributed by atoms with Gasteiger partial charge in [-0.15, -0.1) is 0 Å². The van der Waals surface area contributed by atoms with E-state index < -0.39 is 0 Å². The zero-order chi connectivity index (χ0) is 13.5. The first-order valence-corrected chi connectivity index (χ1v) is 6.87. The molecule has 2 N–H and O–H groups in total. The first-order valence-electron chi connectivity index (χ1n) is 6.49. The van der Waals surface area contributed by atoms with Crippen LogP contribution in [0.1, 0.15) is 12.2 Å². The van der Waals surface area contributed by atoms with E-state index in [-0.39, 0.29) is 0 Å². The van der Waals surface area contributed by atoms with E-state index in [0.717, 1.165) is 48.2 Å². The monoisotopic (exact) mass is 278 g/mol. The van der Waals surface area contributed by atoms with Gasteiger partial charge in [0.2, 0.25) is 0 Å². The molecule has 1 aromatic carbocycles. The minimum Gasteiger partial charge on any atom is -0.460 e. The molecule has 0 aliphatic rings. The fourth-order valence-electron chi connectivity index (χ4n) is 1.87. The SMILES string of the molecule is CNCCCNCc1ccc(-c2cccc(Cl)c2)o1. The van der Waals surface area contributed by atoms with Crippen molar-refractivity contribution in [2.75, 3.05) is 20.1 Å². The number of hydrogen-bond donors (Lipinski definition) is 2. The molecule has 0 saturated heterocycles. The lowest BCUT2D eigenvalue weighted by molar-refractivity contribution is 0.490. The number of rotatable bonds is 7. The summed E-state index contributed by atoms with van der Waals surface area (Å²) in [6, 6.07) is 11.7. The molecule has 4 heteroatoms. The number of nitrogens with one attached hydrogen (secondary N) is 2. The van der Waals surface area contributed by atoms with Gasteiger partial charge in [0.05, 0.1) is 6.54 Å². The first-order chi connectivity index (χ1) is 9.29. The van der Waals surface area contributed by atoms with E-state index in [1.54, 1.807) is 0 Å². The number of furan rings is 1. The summed E-state index contributed by atoms with van der Waals surface area (Å²) in [6.07, 6.45) is 1.11. The van der Waals surface area contributed by atoms with Crippen molar-refractivity contribution < 1.29 is 4.42 Å². The molecule has 0 atom stereocenters. The highest BCUT2D eigenvalue weighted by molar-refractivity contribution is 6.30. The van der Waals surface area contributed by atoms with Crippen LogP contribution in [0.25, 0.3) is 11.3 Å². The van der Waals surface area contributed by atoms with E-state index >= 15 is 0 Å². The van der Waals surface area contributed by atoms with E-state index in [9.17, 15) is 0 Å². The summed E-state index contributed by atoms with van der Waals surface area (Å²) in [6.45, 7) is 2.76. The lowest BCUT2D eigenvalue weighted by Gasteiger charge is -2.02. The van der Waals surface area contributed by atoms with Crippen molar-refractivity contribution in [3.63, 3.8) is 0 Å². The highest BCUT2D eigenvalue weighted by Gasteiger charge is 2.04. The first kappa shape index (κ1) is 14.1. The topological polar surface area (TPSA) is 37.2 Å². The molecule has 0 saturated carbocycles. The van der Waals surface area contributed by atoms with Gasteiger partial charge in [-0.3, -0.25) is 0 Å². The lowest BCUT2D eigenvalue weighted by Crippen LogP contribution is -2.19. The van der Waals surface area contributed by atoms with Crippen LogP contribution < -0.4 is 10.6 Å². The minimum atomic E-state index is 0.723. The van der Waals surface area contributed by atoms with Crippen LogP contribution in [0, 0.1) is 0 Å². The molecule has 1 heterocycles. The Bertz CT molecular complexity index is 510. The van der Waals surface area contributed by atoms with Crippen molar-refractivity contribution in [1.82, 2.24) is 10.6 Å². The minimum absolute atomic E-state index is 0.723. The molecular weight excluding hydrogens is 260 g/mol. The lowest BCUT2D eigenvalue weighted by atomic mass is 10.2. The second-order valence-corrected chi connectivity index (χ2v) is 4.85. The van der Waals surface area contributed by atoms with E-state index in [0.29, 0.717) is 0 Å². The van der Waals surface area contributed by atoms with Gasteiger partial charge in [0.1, 0.15) is 11.5 Å². The fourth-order valence-corrected chi connectivity index (χ4v) is 2.06. The molecule has 0 aliphatic heterocycles. The molecule has 0 bridgehead atoms. The van der Waals surface area contributed by atoms with Crippen LogP contribution in [0.15, 0.2) is 40.8 Å². The third-order valence-electron chi connectivity index (χ3n) is 2.85. The Morgan fingerprint density at radius 3 is 2.84 bits per heavy atom. The smallest absolute Gasteiger partial charge is 0.134 e. The summed E-state index contributed by atoms with van der Waals surface area (Å²) in [4.78, 5) is 0. The van der Waals surface area contributed by atoms with Crippen molar-refractivity contribution in [3.05, 3.63) is 47.2 Å². The van der Waals surface area contributed by atoms with Gasteiger partial charge >= 0.3 is 0 Å². The van der Waals surface area contributed by atoms with E-state index in [4.69, 9.17) is 16.0 Å². The normalized spacial score (nSPS) is 10.8. The van der Waals surface area contributed by atoms with Crippen molar-refractivity contribution in [1.29, 1.82) is 0 Å². The average molecular weight is 279 g/mol. The van der Waals surface area contributed by atoms with E-state index in [1.807, 2.05) is 43.4 Å². The Kier molecular flexibility index (Phi) is 5.45. The Morgan fingerprint density at radius 2 is 2.05 bits per heavy atom. The maximum atomic E-state index is 5.97. The third kappa shape index (κ3) is 4.39. The van der Waals surface area contributed by atoms with Crippen molar-refractivity contribution >= 4 is 11.6 Å². The molecule has 0 unspecified atom stereocenters. The maximum Gasteiger partial charge on any atom is 0.134 e. The van der Waals surface area contributed by atoms with Crippen LogP contribution in [0.3, 0.4) is 0 Å². The van der Waals surface area contributed by atoms with Gasteiger partial charge in [-0.2, -0.15) is 0 Å². The largest absolute Gasteiger partial charge is 0.460 e. The fraction of sp³-hybridized carbons (Fsp3) is 0.333. The number of halogens is 1. The second-order valence-electron chi connectivity index (χ2n) is 4.41. The molecule has 2 rings (SSSR count). The van der Waals surface area contributed by atoms with Crippen LogP contribution in [0.2, 0.25) is 5.02 Å². The summed E-state index contributed by atoms with van der Waals surface area (Å²) in [7, 11) is 1.96. The summed E-state index contributed by atoms with van der Waals surface area (Å²) < 4.78 is 5.79. The molecule has 19 heavy (non-hydrogen) atoms. The third-order valence-corrected chi connectivity index (χ3v) is 3.09. The zero-order valence-electron chi connectivity index (χ0n) is 11.1. The number of benzene rings is 1. The second kappa shape index (κ2) is 7.34. The van der Waals surface area contributed by atoms with Crippen LogP contribution in [0.4, 0.5) is 0 Å². The van der Waals surface area contributed by atoms with Crippen LogP contribution in [-0.2, 0) is 6.54 Å². The zero-order valence-corrected chi connectivity index (χ0v) is 11.8. The van der Waals surface area contributed by atoms with Gasteiger partial charge in [-0.25, -0.2) is 0 Å². The van der Waals surface area contributed by atoms with Gasteiger partial charge in [-0.1, -0.05) is 23.7 Å². The standard InChI is InChI=1S/C15H19ClN2O/c1-17-8-3-9-18-11-14-6-7-15(19-14)12-4-2-5-13(16)10-12/h2,4-7,10,17-18H,3,8-9,11H2,1H3. The molecule has 0 amide bonds. The summed E-state index contributed by atoms with van der Waals surface area (Å²) in [5.74, 6) is 1.80. The summed E-state index contributed by atoms with van der Waals surface area (Å²) in [5.41, 5.74) is 1.01. The molecule has 0 radical (unpaired) electrons. The maximum absolute atomic E-state index is 5.97. The Labute approximate surface area is 119 Å². The molecule has 1 aromatic heterocycles. The van der Waals surface area contributed by atoms with E-state index in [2.05, 4.69) is 10.6 Å². The van der Waals surface area contributed by atoms with Crippen LogP contribution in [-0.4, -0.2) is 20.1 Å². The van der Waals surface area contributed by atoms with Gasteiger partial charge in [0.15, 0.2) is 0 Å². The molecule has 102 valence electrons. The van der Waals surface area contributed by atoms with E-state index in [1.165, 1.54) is 0 Å². The Balaban J connectivity index is 1.88. The van der Waals surface area contributed by atoms with Crippen LogP contribution >= 0.6 is 11.6 Å². The quantitative estimate of drug-likeness (QED) is 0.763. The van der Waals surface area contributed by atoms with Crippen molar-refractivity contribution in [2.24, 2.45) is 0 Å². The highest BCUT2D eigenvalue weighted by atomic mass is 35.5. The van der Waals surface area contributed by atoms with Crippen molar-refractivity contribution in [2.45, 2.75) is 13.0 Å². The van der Waals surface area contributed by atoms with Gasteiger partial charge in [-0.05, 0) is 50.8 Å². The summed E-state index contributed by atoms with van der Waals surface area (Å²) in [5, 5.41) is 7.20. The molecule has 0 aliphatic carbocycles. The van der Waals surface area contributed by atoms with Crippen LogP contribution in [0.5, 0.6) is 0 Å². The molecule has 0 fully saturated rings. The highest BCUT2D eigenvalue weighted by Crippen LogP contribution is 2.24. The Hall–Kier alpha value is -1.29. The average Bonchev–Trinajstić information content (AvgIpc) is 2.87. The molecule has 2 aromatic rings. The predicted octanol–water partition coefficient (Wildman–Crippen LogP) is 3.30. The Morgan fingerprint density at radius 1 is 1.16 bits per heavy atom. The van der Waals surface area contributed by atoms with Crippen molar-refractivity contribution in [3.8, 4) is 11.3 Å². The molecule has 0 spiro atoms. The molecular formula is C15H19ClN2O. The molecule has 3 nitrogen and oxygen atoms in total. The summed E-state index contributed by atoms with van der Waals surface area (Å²) >= 11 is 5.97. The number of hydrogen-bond acceptors (Lipinski definition) is 3. The van der Waals surface area contributed by atoms with Gasteiger partial charge < -0.3 is 15.1 Å². The van der Waals surface area contributed by atoms with Gasteiger partial charge in [0.25, 0.3) is 0 Å².